The van der Waals surface area contributed by atoms with Crippen molar-refractivity contribution in [3.05, 3.63) is 99.0 Å². The van der Waals surface area contributed by atoms with Gasteiger partial charge in [0, 0.05) is 16.4 Å². The minimum atomic E-state index is -0.909. The maximum Gasteiger partial charge on any atom is 0.303 e. The Morgan fingerprint density at radius 3 is 2.70 bits per heavy atom. The summed E-state index contributed by atoms with van der Waals surface area (Å²) >= 11 is 9.76. The summed E-state index contributed by atoms with van der Waals surface area (Å²) in [5.74, 6) is 0.124. The first-order valence-electron chi connectivity index (χ1n) is 13.6. The Labute approximate surface area is 249 Å². The lowest BCUT2D eigenvalue weighted by molar-refractivity contribution is -0.138. The summed E-state index contributed by atoms with van der Waals surface area (Å²) in [7, 11) is 0. The Hall–Kier alpha value is -2.64. The van der Waals surface area contributed by atoms with Crippen LogP contribution < -0.4 is 0 Å². The zero-order valence-corrected chi connectivity index (χ0v) is 25.2. The molecule has 0 saturated heterocycles. The van der Waals surface area contributed by atoms with E-state index in [0.29, 0.717) is 5.02 Å². The molecule has 1 saturated carbocycles. The molecule has 2 N–H and O–H groups in total. The molecule has 0 bridgehead atoms. The molecule has 1 fully saturated rings. The van der Waals surface area contributed by atoms with Gasteiger partial charge in [0.05, 0.1) is 27.4 Å². The van der Waals surface area contributed by atoms with Gasteiger partial charge in [0.1, 0.15) is 5.52 Å². The van der Waals surface area contributed by atoms with Crippen LogP contribution in [0.4, 0.5) is 0 Å². The molecule has 0 amide bonds. The predicted octanol–water partition coefficient (Wildman–Crippen LogP) is 9.01. The normalized spacial score (nSPS) is 15.5. The Kier molecular flexibility index (Phi) is 8.72. The SMILES string of the molecule is CC(C)(O)c1ccccc1CC[C@@H](SCC1(CC(=O)O)CC1)c1cccc(C=Cc2ccc3scc(Cl)c3n2)c1. The van der Waals surface area contributed by atoms with E-state index in [1.807, 2.05) is 61.3 Å². The zero-order chi connectivity index (χ0) is 28.3. The van der Waals surface area contributed by atoms with Gasteiger partial charge in [-0.25, -0.2) is 4.98 Å². The number of carboxylic acids is 1. The monoisotopic (exact) mass is 591 g/mol. The third-order valence-electron chi connectivity index (χ3n) is 7.55. The number of hydrogen-bond acceptors (Lipinski definition) is 5. The zero-order valence-electron chi connectivity index (χ0n) is 22.8. The van der Waals surface area contributed by atoms with Crippen molar-refractivity contribution in [2.45, 2.75) is 56.8 Å². The van der Waals surface area contributed by atoms with Crippen molar-refractivity contribution in [3.63, 3.8) is 0 Å². The van der Waals surface area contributed by atoms with Crippen molar-refractivity contribution in [2.75, 3.05) is 5.75 Å². The minimum Gasteiger partial charge on any atom is -0.481 e. The first-order valence-corrected chi connectivity index (χ1v) is 15.9. The number of aliphatic carboxylic acids is 1. The van der Waals surface area contributed by atoms with Crippen molar-refractivity contribution in [1.29, 1.82) is 0 Å². The van der Waals surface area contributed by atoms with Gasteiger partial charge in [-0.05, 0) is 85.4 Å². The average molecular weight is 592 g/mol. The summed E-state index contributed by atoms with van der Waals surface area (Å²) in [5, 5.41) is 22.9. The number of carboxylic acid groups (broad SMARTS) is 1. The number of nitrogens with zero attached hydrogens (tertiary/aromatic N) is 1. The molecule has 1 aliphatic rings. The van der Waals surface area contributed by atoms with Gasteiger partial charge in [0.2, 0.25) is 0 Å². The number of halogens is 1. The van der Waals surface area contributed by atoms with Crippen LogP contribution in [0.2, 0.25) is 5.02 Å². The van der Waals surface area contributed by atoms with Gasteiger partial charge >= 0.3 is 5.97 Å². The van der Waals surface area contributed by atoms with Crippen molar-refractivity contribution >= 4 is 63.0 Å². The molecule has 1 aliphatic carbocycles. The topological polar surface area (TPSA) is 70.4 Å². The Morgan fingerprint density at radius 1 is 1.15 bits per heavy atom. The summed E-state index contributed by atoms with van der Waals surface area (Å²) in [6.45, 7) is 3.66. The molecule has 0 spiro atoms. The molecule has 2 aromatic carbocycles. The molecule has 40 heavy (non-hydrogen) atoms. The summed E-state index contributed by atoms with van der Waals surface area (Å²) in [4.78, 5) is 16.2. The molecular weight excluding hydrogens is 558 g/mol. The second-order valence-corrected chi connectivity index (χ2v) is 13.8. The minimum absolute atomic E-state index is 0.0789. The highest BCUT2D eigenvalue weighted by molar-refractivity contribution is 7.99. The van der Waals surface area contributed by atoms with Crippen LogP contribution in [0.3, 0.4) is 0 Å². The number of aryl methyl sites for hydroxylation is 1. The van der Waals surface area contributed by atoms with E-state index < -0.39 is 11.6 Å². The van der Waals surface area contributed by atoms with Crippen LogP contribution in [0.5, 0.6) is 0 Å². The van der Waals surface area contributed by atoms with Crippen molar-refractivity contribution < 1.29 is 15.0 Å². The molecule has 0 aliphatic heterocycles. The van der Waals surface area contributed by atoms with E-state index >= 15 is 0 Å². The fraction of sp³-hybridized carbons (Fsp3) is 0.333. The highest BCUT2D eigenvalue weighted by atomic mass is 35.5. The van der Waals surface area contributed by atoms with Gasteiger partial charge in [-0.15, -0.1) is 11.3 Å². The molecule has 5 rings (SSSR count). The van der Waals surface area contributed by atoms with Gasteiger partial charge in [0.15, 0.2) is 0 Å². The van der Waals surface area contributed by atoms with E-state index in [-0.39, 0.29) is 17.1 Å². The van der Waals surface area contributed by atoms with Crippen LogP contribution in [0.25, 0.3) is 22.4 Å². The first kappa shape index (κ1) is 28.9. The molecule has 208 valence electrons. The number of aliphatic hydroxyl groups is 1. The molecule has 7 heteroatoms. The standard InChI is InChI=1S/C33H34ClNO3S2/c1-32(2,38)26-9-4-3-7-23(26)11-14-28(40-21-33(16-17-33)19-30(36)37)24-8-5-6-22(18-24)10-12-25-13-15-29-31(35-25)27(34)20-39-29/h3-10,12-13,15,18,20,28,38H,11,14,16-17,19,21H2,1-2H3,(H,36,37)/t28-/m1/s1. The number of fused-ring (bicyclic) bond motifs is 1. The second-order valence-electron chi connectivity index (χ2n) is 11.3. The van der Waals surface area contributed by atoms with E-state index in [1.54, 1.807) is 11.3 Å². The third-order valence-corrected chi connectivity index (χ3v) is 10.6. The van der Waals surface area contributed by atoms with E-state index in [4.69, 9.17) is 16.6 Å². The van der Waals surface area contributed by atoms with Crippen LogP contribution in [0, 0.1) is 5.41 Å². The predicted molar refractivity (Wildman–Crippen MR) is 169 cm³/mol. The second kappa shape index (κ2) is 12.1. The lowest BCUT2D eigenvalue weighted by Crippen LogP contribution is -2.18. The van der Waals surface area contributed by atoms with E-state index in [0.717, 1.165) is 64.0 Å². The molecule has 4 nitrogen and oxygen atoms in total. The molecule has 1 atom stereocenters. The molecule has 2 heterocycles. The Balaban J connectivity index is 1.37. The van der Waals surface area contributed by atoms with Gasteiger partial charge in [0.25, 0.3) is 0 Å². The Morgan fingerprint density at radius 2 is 1.95 bits per heavy atom. The molecule has 2 aromatic heterocycles. The van der Waals surface area contributed by atoms with E-state index in [1.165, 1.54) is 5.56 Å². The van der Waals surface area contributed by atoms with E-state index in [2.05, 4.69) is 42.5 Å². The molecule has 4 aromatic rings. The van der Waals surface area contributed by atoms with Crippen LogP contribution in [-0.4, -0.2) is 26.9 Å². The van der Waals surface area contributed by atoms with Crippen molar-refractivity contribution in [1.82, 2.24) is 4.98 Å². The number of rotatable bonds is 12. The first-order chi connectivity index (χ1) is 19.1. The van der Waals surface area contributed by atoms with Gasteiger partial charge < -0.3 is 10.2 Å². The summed E-state index contributed by atoms with van der Waals surface area (Å²) in [6.07, 6.45) is 8.01. The summed E-state index contributed by atoms with van der Waals surface area (Å²) in [6, 6.07) is 20.7. The highest BCUT2D eigenvalue weighted by Crippen LogP contribution is 2.53. The van der Waals surface area contributed by atoms with Gasteiger partial charge in [-0.1, -0.05) is 66.2 Å². The Bertz CT molecular complexity index is 1530. The summed E-state index contributed by atoms with van der Waals surface area (Å²) < 4.78 is 1.08. The number of pyridine rings is 1. The number of benzene rings is 2. The third kappa shape index (κ3) is 7.16. The number of carbonyl (C=O) groups is 1. The number of thioether (sulfide) groups is 1. The highest BCUT2D eigenvalue weighted by Gasteiger charge is 2.44. The smallest absolute Gasteiger partial charge is 0.303 e. The number of aromatic nitrogens is 1. The van der Waals surface area contributed by atoms with Gasteiger partial charge in [-0.3, -0.25) is 4.79 Å². The molecular formula is C33H34ClNO3S2. The lowest BCUT2D eigenvalue weighted by atomic mass is 9.90. The fourth-order valence-electron chi connectivity index (χ4n) is 5.15. The average Bonchev–Trinajstić information content (AvgIpc) is 3.58. The van der Waals surface area contributed by atoms with Crippen LogP contribution >= 0.6 is 34.7 Å². The van der Waals surface area contributed by atoms with Crippen LogP contribution in [0.1, 0.15) is 72.7 Å². The lowest BCUT2D eigenvalue weighted by Gasteiger charge is -2.24. The van der Waals surface area contributed by atoms with Crippen LogP contribution in [-0.2, 0) is 16.8 Å². The van der Waals surface area contributed by atoms with Crippen molar-refractivity contribution in [3.8, 4) is 0 Å². The maximum atomic E-state index is 11.5. The summed E-state index contributed by atoms with van der Waals surface area (Å²) in [5.41, 5.74) is 5.12. The number of hydrogen-bond donors (Lipinski definition) is 2. The van der Waals surface area contributed by atoms with Crippen molar-refractivity contribution in [2.24, 2.45) is 5.41 Å². The largest absolute Gasteiger partial charge is 0.481 e. The molecule has 0 radical (unpaired) electrons. The fourth-order valence-corrected chi connectivity index (χ4v) is 7.81. The quantitative estimate of drug-likeness (QED) is 0.172. The molecule has 0 unspecified atom stereocenters. The van der Waals surface area contributed by atoms with Crippen LogP contribution in [0.15, 0.2) is 66.0 Å². The number of thiophene rings is 1. The maximum absolute atomic E-state index is 11.5. The van der Waals surface area contributed by atoms with Gasteiger partial charge in [-0.2, -0.15) is 11.8 Å². The van der Waals surface area contributed by atoms with E-state index in [9.17, 15) is 15.0 Å².